The predicted molar refractivity (Wildman–Crippen MR) is 85.5 cm³/mol. The van der Waals surface area contributed by atoms with Crippen molar-refractivity contribution in [2.45, 2.75) is 25.9 Å². The second kappa shape index (κ2) is 6.70. The highest BCUT2D eigenvalue weighted by Gasteiger charge is 2.15. The van der Waals surface area contributed by atoms with Crippen LogP contribution < -0.4 is 5.32 Å². The van der Waals surface area contributed by atoms with Gasteiger partial charge in [0.2, 0.25) is 0 Å². The lowest BCUT2D eigenvalue weighted by molar-refractivity contribution is 0.474. The second-order valence-corrected chi connectivity index (χ2v) is 6.12. The Labute approximate surface area is 132 Å². The summed E-state index contributed by atoms with van der Waals surface area (Å²) in [6.45, 7) is 3.97. The zero-order valence-electron chi connectivity index (χ0n) is 11.3. The average molecular weight is 357 g/mol. The van der Waals surface area contributed by atoms with Crippen LogP contribution in [0, 0.1) is 5.82 Å². The molecule has 0 aliphatic rings. The van der Waals surface area contributed by atoms with Crippen LogP contribution in [0.5, 0.6) is 0 Å². The molecule has 0 aromatic heterocycles. The average Bonchev–Trinajstić information content (AvgIpc) is 2.38. The predicted octanol–water partition coefficient (Wildman–Crippen LogP) is 5.65. The van der Waals surface area contributed by atoms with E-state index in [2.05, 4.69) is 21.2 Å². The third kappa shape index (κ3) is 3.60. The van der Waals surface area contributed by atoms with Gasteiger partial charge in [-0.05, 0) is 37.6 Å². The Kier molecular flexibility index (Phi) is 5.19. The minimum absolute atomic E-state index is 0.0326. The first-order valence-corrected chi connectivity index (χ1v) is 7.61. The largest absolute Gasteiger partial charge is 0.303 e. The summed E-state index contributed by atoms with van der Waals surface area (Å²) in [7, 11) is 0. The molecule has 0 heterocycles. The molecule has 0 bridgehead atoms. The van der Waals surface area contributed by atoms with Gasteiger partial charge in [-0.1, -0.05) is 51.8 Å². The Morgan fingerprint density at radius 2 is 1.70 bits per heavy atom. The zero-order valence-corrected chi connectivity index (χ0v) is 13.7. The lowest BCUT2D eigenvalue weighted by Gasteiger charge is -2.22. The summed E-state index contributed by atoms with van der Waals surface area (Å²) in [4.78, 5) is 0. The van der Waals surface area contributed by atoms with Gasteiger partial charge in [-0.15, -0.1) is 0 Å². The van der Waals surface area contributed by atoms with Gasteiger partial charge >= 0.3 is 0 Å². The molecule has 0 spiro atoms. The summed E-state index contributed by atoms with van der Waals surface area (Å²) in [5, 5.41) is 4.07. The normalized spacial score (nSPS) is 14.1. The molecule has 0 fully saturated rings. The van der Waals surface area contributed by atoms with E-state index in [4.69, 9.17) is 11.6 Å². The fraction of sp³-hybridized carbons (Fsp3) is 0.250. The first-order chi connectivity index (χ1) is 9.49. The summed E-state index contributed by atoms with van der Waals surface area (Å²) in [6.07, 6.45) is 0. The Morgan fingerprint density at radius 3 is 2.35 bits per heavy atom. The highest BCUT2D eigenvalue weighted by atomic mass is 79.9. The van der Waals surface area contributed by atoms with Crippen molar-refractivity contribution in [1.82, 2.24) is 5.32 Å². The number of hydrogen-bond acceptors (Lipinski definition) is 1. The van der Waals surface area contributed by atoms with Gasteiger partial charge < -0.3 is 5.32 Å². The van der Waals surface area contributed by atoms with Crippen molar-refractivity contribution in [2.75, 3.05) is 0 Å². The lowest BCUT2D eigenvalue weighted by Crippen LogP contribution is -2.23. The molecule has 1 N–H and O–H groups in total. The van der Waals surface area contributed by atoms with E-state index in [0.717, 1.165) is 10.0 Å². The SMILES string of the molecule is CC(N[C@H](C)c1ccccc1F)c1ccc(Br)cc1Cl. The van der Waals surface area contributed by atoms with Gasteiger partial charge in [-0.25, -0.2) is 4.39 Å². The van der Waals surface area contributed by atoms with Crippen molar-refractivity contribution in [3.05, 3.63) is 68.9 Å². The van der Waals surface area contributed by atoms with Gasteiger partial charge in [-0.3, -0.25) is 0 Å². The molecule has 0 saturated carbocycles. The summed E-state index contributed by atoms with van der Waals surface area (Å²) >= 11 is 9.63. The Bertz CT molecular complexity index is 603. The van der Waals surface area contributed by atoms with E-state index in [-0.39, 0.29) is 17.9 Å². The summed E-state index contributed by atoms with van der Waals surface area (Å²) < 4.78 is 14.7. The van der Waals surface area contributed by atoms with Crippen LogP contribution in [0.1, 0.15) is 37.1 Å². The van der Waals surface area contributed by atoms with E-state index in [0.29, 0.717) is 10.6 Å². The van der Waals surface area contributed by atoms with Crippen LogP contribution in [-0.2, 0) is 0 Å². The van der Waals surface area contributed by atoms with E-state index >= 15 is 0 Å². The lowest BCUT2D eigenvalue weighted by atomic mass is 10.0. The van der Waals surface area contributed by atoms with Crippen LogP contribution >= 0.6 is 27.5 Å². The molecule has 0 aliphatic heterocycles. The molecule has 2 rings (SSSR count). The maximum Gasteiger partial charge on any atom is 0.127 e. The Balaban J connectivity index is 2.15. The van der Waals surface area contributed by atoms with Crippen LogP contribution in [0.15, 0.2) is 46.9 Å². The monoisotopic (exact) mass is 355 g/mol. The third-order valence-electron chi connectivity index (χ3n) is 3.30. The number of benzene rings is 2. The quantitative estimate of drug-likeness (QED) is 0.746. The van der Waals surface area contributed by atoms with E-state index in [1.54, 1.807) is 12.1 Å². The summed E-state index contributed by atoms with van der Waals surface area (Å²) in [6, 6.07) is 12.5. The fourth-order valence-corrected chi connectivity index (χ4v) is 3.07. The van der Waals surface area contributed by atoms with Gasteiger partial charge in [0.1, 0.15) is 5.82 Å². The van der Waals surface area contributed by atoms with E-state index < -0.39 is 0 Å². The van der Waals surface area contributed by atoms with Crippen LogP contribution in [0.3, 0.4) is 0 Å². The third-order valence-corrected chi connectivity index (χ3v) is 4.12. The number of nitrogens with one attached hydrogen (secondary N) is 1. The van der Waals surface area contributed by atoms with Crippen LogP contribution in [0.4, 0.5) is 4.39 Å². The first-order valence-electron chi connectivity index (χ1n) is 6.44. The second-order valence-electron chi connectivity index (χ2n) is 4.80. The van der Waals surface area contributed by atoms with Crippen molar-refractivity contribution >= 4 is 27.5 Å². The fourth-order valence-electron chi connectivity index (χ4n) is 2.23. The topological polar surface area (TPSA) is 12.0 Å². The van der Waals surface area contributed by atoms with Crippen molar-refractivity contribution in [3.63, 3.8) is 0 Å². The molecule has 0 saturated heterocycles. The zero-order chi connectivity index (χ0) is 14.7. The van der Waals surface area contributed by atoms with Crippen LogP contribution in [0.2, 0.25) is 5.02 Å². The van der Waals surface area contributed by atoms with Gasteiger partial charge in [-0.2, -0.15) is 0 Å². The summed E-state index contributed by atoms with van der Waals surface area (Å²) in [5.74, 6) is -0.193. The maximum atomic E-state index is 13.8. The molecule has 2 atom stereocenters. The Morgan fingerprint density at radius 1 is 1.05 bits per heavy atom. The van der Waals surface area contributed by atoms with Gasteiger partial charge in [0.25, 0.3) is 0 Å². The molecule has 0 aliphatic carbocycles. The Hall–Kier alpha value is -0.900. The molecule has 106 valence electrons. The summed E-state index contributed by atoms with van der Waals surface area (Å²) in [5.41, 5.74) is 1.66. The molecule has 4 heteroatoms. The molecule has 0 radical (unpaired) electrons. The maximum absolute atomic E-state index is 13.8. The molecule has 1 unspecified atom stereocenters. The van der Waals surface area contributed by atoms with Crippen molar-refractivity contribution in [2.24, 2.45) is 0 Å². The van der Waals surface area contributed by atoms with Crippen molar-refractivity contribution < 1.29 is 4.39 Å². The van der Waals surface area contributed by atoms with Gasteiger partial charge in [0.15, 0.2) is 0 Å². The first kappa shape index (κ1) is 15.5. The molecule has 2 aromatic rings. The highest BCUT2D eigenvalue weighted by Crippen LogP contribution is 2.28. The molecular weight excluding hydrogens is 341 g/mol. The van der Waals surface area contributed by atoms with Crippen molar-refractivity contribution in [1.29, 1.82) is 0 Å². The van der Waals surface area contributed by atoms with Gasteiger partial charge in [0, 0.05) is 27.1 Å². The smallest absolute Gasteiger partial charge is 0.127 e. The minimum Gasteiger partial charge on any atom is -0.303 e. The van der Waals surface area contributed by atoms with E-state index in [1.165, 1.54) is 6.07 Å². The molecule has 1 nitrogen and oxygen atoms in total. The van der Waals surface area contributed by atoms with Crippen LogP contribution in [-0.4, -0.2) is 0 Å². The number of rotatable bonds is 4. The molecular formula is C16H16BrClFN. The number of hydrogen-bond donors (Lipinski definition) is 1. The molecule has 20 heavy (non-hydrogen) atoms. The standard InChI is InChI=1S/C16H16BrClFN/c1-10(13-8-7-12(17)9-15(13)18)20-11(2)14-5-3-4-6-16(14)19/h3-11,20H,1-2H3/t10?,11-/m1/s1. The van der Waals surface area contributed by atoms with Crippen molar-refractivity contribution in [3.8, 4) is 0 Å². The minimum atomic E-state index is -0.193. The highest BCUT2D eigenvalue weighted by molar-refractivity contribution is 9.10. The number of halogens is 3. The van der Waals surface area contributed by atoms with Crippen LogP contribution in [0.25, 0.3) is 0 Å². The van der Waals surface area contributed by atoms with E-state index in [1.807, 2.05) is 38.1 Å². The van der Waals surface area contributed by atoms with E-state index in [9.17, 15) is 4.39 Å². The van der Waals surface area contributed by atoms with Gasteiger partial charge in [0.05, 0.1) is 0 Å². The molecule has 0 amide bonds. The molecule has 2 aromatic carbocycles.